The second-order valence-corrected chi connectivity index (χ2v) is 4.87. The van der Waals surface area contributed by atoms with Crippen molar-refractivity contribution in [2.45, 2.75) is 26.2 Å². The highest BCUT2D eigenvalue weighted by Gasteiger charge is 2.37. The van der Waals surface area contributed by atoms with Crippen LogP contribution in [0.5, 0.6) is 0 Å². The monoisotopic (exact) mass is 255 g/mol. The molecule has 0 spiro atoms. The van der Waals surface area contributed by atoms with Crippen LogP contribution in [-0.4, -0.2) is 26.3 Å². The molecule has 0 saturated heterocycles. The molecule has 0 radical (unpaired) electrons. The number of rotatable bonds is 3. The summed E-state index contributed by atoms with van der Waals surface area (Å²) in [6, 6.07) is 0. The standard InChI is InChI=1S/C10H13N3O3S/c1-5-11-10(17-13-5)12-8(14)6-3-2-4-7(6)9(15)16/h6-7H,2-4H2,1H3,(H,15,16)(H,11,12,13,14)/t6-,7+/m1/s1. The van der Waals surface area contributed by atoms with Gasteiger partial charge in [-0.25, -0.2) is 4.98 Å². The van der Waals surface area contributed by atoms with Crippen molar-refractivity contribution < 1.29 is 14.7 Å². The van der Waals surface area contributed by atoms with E-state index < -0.39 is 17.8 Å². The highest BCUT2D eigenvalue weighted by atomic mass is 32.1. The van der Waals surface area contributed by atoms with Crippen molar-refractivity contribution in [1.82, 2.24) is 9.36 Å². The molecule has 2 atom stereocenters. The van der Waals surface area contributed by atoms with E-state index in [2.05, 4.69) is 14.7 Å². The van der Waals surface area contributed by atoms with Gasteiger partial charge in [0.25, 0.3) is 0 Å². The molecule has 1 aliphatic rings. The van der Waals surface area contributed by atoms with E-state index in [1.54, 1.807) is 6.92 Å². The summed E-state index contributed by atoms with van der Waals surface area (Å²) in [5.41, 5.74) is 0. The molecule has 2 N–H and O–H groups in total. The van der Waals surface area contributed by atoms with Gasteiger partial charge in [-0.15, -0.1) is 0 Å². The molecule has 92 valence electrons. The lowest BCUT2D eigenvalue weighted by Gasteiger charge is -2.13. The van der Waals surface area contributed by atoms with Crippen molar-refractivity contribution in [3.05, 3.63) is 5.82 Å². The molecular weight excluding hydrogens is 242 g/mol. The number of aryl methyl sites for hydroxylation is 1. The summed E-state index contributed by atoms with van der Waals surface area (Å²) in [5.74, 6) is -1.56. The number of hydrogen-bond donors (Lipinski definition) is 2. The van der Waals surface area contributed by atoms with Crippen molar-refractivity contribution in [1.29, 1.82) is 0 Å². The summed E-state index contributed by atoms with van der Waals surface area (Å²) < 4.78 is 3.95. The normalized spacial score (nSPS) is 23.6. The zero-order valence-electron chi connectivity index (χ0n) is 9.34. The fourth-order valence-corrected chi connectivity index (χ4v) is 2.69. The number of hydrogen-bond acceptors (Lipinski definition) is 5. The SMILES string of the molecule is Cc1nsc(NC(=O)[C@@H]2CCC[C@@H]2C(=O)O)n1. The first-order chi connectivity index (χ1) is 8.08. The second kappa shape index (κ2) is 4.79. The van der Waals surface area contributed by atoms with Gasteiger partial charge >= 0.3 is 5.97 Å². The van der Waals surface area contributed by atoms with Crippen LogP contribution in [-0.2, 0) is 9.59 Å². The lowest BCUT2D eigenvalue weighted by Crippen LogP contribution is -2.29. The molecule has 1 saturated carbocycles. The van der Waals surface area contributed by atoms with E-state index in [0.29, 0.717) is 23.8 Å². The minimum atomic E-state index is -0.893. The first-order valence-corrected chi connectivity index (χ1v) is 6.19. The zero-order chi connectivity index (χ0) is 12.4. The maximum Gasteiger partial charge on any atom is 0.307 e. The van der Waals surface area contributed by atoms with Gasteiger partial charge in [0.1, 0.15) is 5.82 Å². The van der Waals surface area contributed by atoms with Crippen LogP contribution in [0.3, 0.4) is 0 Å². The molecule has 1 fully saturated rings. The third kappa shape index (κ3) is 2.60. The van der Waals surface area contributed by atoms with Crippen LogP contribution < -0.4 is 5.32 Å². The molecule has 1 amide bonds. The van der Waals surface area contributed by atoms with E-state index in [4.69, 9.17) is 5.11 Å². The molecule has 0 unspecified atom stereocenters. The maximum atomic E-state index is 11.9. The minimum Gasteiger partial charge on any atom is -0.481 e. The maximum absolute atomic E-state index is 11.9. The molecule has 17 heavy (non-hydrogen) atoms. The van der Waals surface area contributed by atoms with E-state index in [-0.39, 0.29) is 5.91 Å². The number of aromatic nitrogens is 2. The molecule has 1 heterocycles. The van der Waals surface area contributed by atoms with E-state index >= 15 is 0 Å². The number of nitrogens with zero attached hydrogens (tertiary/aromatic N) is 2. The van der Waals surface area contributed by atoms with Gasteiger partial charge in [0, 0.05) is 11.5 Å². The number of carboxylic acid groups (broad SMARTS) is 1. The lowest BCUT2D eigenvalue weighted by molar-refractivity contribution is -0.145. The minimum absolute atomic E-state index is 0.258. The van der Waals surface area contributed by atoms with Crippen molar-refractivity contribution in [2.24, 2.45) is 11.8 Å². The fourth-order valence-electron chi connectivity index (χ4n) is 2.12. The van der Waals surface area contributed by atoms with Crippen molar-refractivity contribution >= 4 is 28.5 Å². The number of carbonyl (C=O) groups excluding carboxylic acids is 1. The number of amides is 1. The average Bonchev–Trinajstić information content (AvgIpc) is 2.86. The van der Waals surface area contributed by atoms with E-state index in [1.807, 2.05) is 0 Å². The summed E-state index contributed by atoms with van der Waals surface area (Å²) in [6.45, 7) is 1.74. The highest BCUT2D eigenvalue weighted by Crippen LogP contribution is 2.32. The van der Waals surface area contributed by atoms with Crippen LogP contribution in [0.15, 0.2) is 0 Å². The van der Waals surface area contributed by atoms with Gasteiger partial charge in [0.15, 0.2) is 0 Å². The average molecular weight is 255 g/mol. The molecule has 0 bridgehead atoms. The smallest absolute Gasteiger partial charge is 0.307 e. The van der Waals surface area contributed by atoms with Gasteiger partial charge in [0.2, 0.25) is 11.0 Å². The van der Waals surface area contributed by atoms with Gasteiger partial charge in [-0.2, -0.15) is 4.37 Å². The van der Waals surface area contributed by atoms with Gasteiger partial charge in [-0.05, 0) is 19.8 Å². The zero-order valence-corrected chi connectivity index (χ0v) is 10.2. The second-order valence-electron chi connectivity index (χ2n) is 4.12. The van der Waals surface area contributed by atoms with Crippen LogP contribution in [0.1, 0.15) is 25.1 Å². The number of aliphatic carboxylic acids is 1. The van der Waals surface area contributed by atoms with Crippen molar-refractivity contribution in [3.8, 4) is 0 Å². The van der Waals surface area contributed by atoms with E-state index in [0.717, 1.165) is 18.0 Å². The van der Waals surface area contributed by atoms with Crippen molar-refractivity contribution in [3.63, 3.8) is 0 Å². The Morgan fingerprint density at radius 3 is 2.71 bits per heavy atom. The van der Waals surface area contributed by atoms with E-state index in [1.165, 1.54) is 0 Å². The van der Waals surface area contributed by atoms with Crippen LogP contribution >= 0.6 is 11.5 Å². The summed E-state index contributed by atoms with van der Waals surface area (Å²) in [7, 11) is 0. The van der Waals surface area contributed by atoms with Gasteiger partial charge < -0.3 is 10.4 Å². The number of carbonyl (C=O) groups is 2. The first-order valence-electron chi connectivity index (χ1n) is 5.42. The van der Waals surface area contributed by atoms with Crippen LogP contribution in [0.25, 0.3) is 0 Å². The Balaban J connectivity index is 2.02. The van der Waals surface area contributed by atoms with Crippen LogP contribution in [0, 0.1) is 18.8 Å². The Hall–Kier alpha value is -1.50. The summed E-state index contributed by atoms with van der Waals surface area (Å²) >= 11 is 1.11. The Bertz CT molecular complexity index is 446. The summed E-state index contributed by atoms with van der Waals surface area (Å²) in [4.78, 5) is 26.9. The number of anilines is 1. The number of nitrogens with one attached hydrogen (secondary N) is 1. The predicted octanol–water partition coefficient (Wildman–Crippen LogP) is 1.29. The lowest BCUT2D eigenvalue weighted by atomic mass is 9.95. The first kappa shape index (κ1) is 12.0. The molecule has 1 aromatic heterocycles. The fraction of sp³-hybridized carbons (Fsp3) is 0.600. The third-order valence-electron chi connectivity index (χ3n) is 2.93. The third-order valence-corrected chi connectivity index (χ3v) is 3.65. The van der Waals surface area contributed by atoms with Crippen molar-refractivity contribution in [2.75, 3.05) is 5.32 Å². The molecule has 2 rings (SSSR count). The highest BCUT2D eigenvalue weighted by molar-refractivity contribution is 7.09. The molecule has 1 aromatic rings. The quantitative estimate of drug-likeness (QED) is 0.849. The molecular formula is C10H13N3O3S. The topological polar surface area (TPSA) is 92.2 Å². The largest absolute Gasteiger partial charge is 0.481 e. The molecule has 1 aliphatic carbocycles. The molecule has 6 nitrogen and oxygen atoms in total. The summed E-state index contributed by atoms with van der Waals surface area (Å²) in [6.07, 6.45) is 1.98. The van der Waals surface area contributed by atoms with Gasteiger partial charge in [0.05, 0.1) is 11.8 Å². The van der Waals surface area contributed by atoms with Crippen LogP contribution in [0.4, 0.5) is 5.13 Å². The Labute approximate surface area is 102 Å². The number of carboxylic acids is 1. The molecule has 0 aliphatic heterocycles. The Morgan fingerprint density at radius 1 is 1.41 bits per heavy atom. The molecule has 0 aromatic carbocycles. The summed E-state index contributed by atoms with van der Waals surface area (Å²) in [5, 5.41) is 12.1. The predicted molar refractivity (Wildman–Crippen MR) is 61.7 cm³/mol. The van der Waals surface area contributed by atoms with Gasteiger partial charge in [-0.3, -0.25) is 9.59 Å². The van der Waals surface area contributed by atoms with Crippen LogP contribution in [0.2, 0.25) is 0 Å². The van der Waals surface area contributed by atoms with Gasteiger partial charge in [-0.1, -0.05) is 6.42 Å². The Morgan fingerprint density at radius 2 is 2.12 bits per heavy atom. The Kier molecular flexibility index (Phi) is 3.37. The molecule has 7 heteroatoms. The van der Waals surface area contributed by atoms with E-state index in [9.17, 15) is 9.59 Å².